The van der Waals surface area contributed by atoms with Crippen molar-refractivity contribution in [2.45, 2.75) is 25.4 Å². The van der Waals surface area contributed by atoms with Crippen LogP contribution in [0.3, 0.4) is 0 Å². The molecule has 22 heavy (non-hydrogen) atoms. The van der Waals surface area contributed by atoms with E-state index in [1.165, 1.54) is 9.75 Å². The Hall–Kier alpha value is -1.50. The molecule has 0 radical (unpaired) electrons. The first-order valence-corrected chi connectivity index (χ1v) is 8.85. The van der Waals surface area contributed by atoms with Crippen LogP contribution >= 0.6 is 22.7 Å². The molecule has 0 aromatic carbocycles. The van der Waals surface area contributed by atoms with Crippen molar-refractivity contribution in [1.82, 2.24) is 9.97 Å². The predicted molar refractivity (Wildman–Crippen MR) is 90.1 cm³/mol. The van der Waals surface area contributed by atoms with Crippen molar-refractivity contribution in [3.8, 4) is 10.0 Å². The number of aromatic nitrogens is 2. The molecule has 1 unspecified atom stereocenters. The number of methoxy groups -OCH3 is 2. The highest BCUT2D eigenvalue weighted by Crippen LogP contribution is 2.38. The van der Waals surface area contributed by atoms with E-state index in [0.717, 1.165) is 46.4 Å². The van der Waals surface area contributed by atoms with E-state index in [1.54, 1.807) is 36.9 Å². The van der Waals surface area contributed by atoms with Crippen molar-refractivity contribution >= 4 is 34.8 Å². The van der Waals surface area contributed by atoms with Crippen molar-refractivity contribution in [1.29, 1.82) is 0 Å². The maximum absolute atomic E-state index is 5.40. The first-order valence-electron chi connectivity index (χ1n) is 7.22. The molecule has 2 heterocycles. The molecule has 2 aliphatic carbocycles. The summed E-state index contributed by atoms with van der Waals surface area (Å²) in [4.78, 5) is 12.1. The molecule has 2 aromatic rings. The standard InChI is InChI=1S/C16H16N2O2S2/c1-19-9-3-5-13-11(7-9)17-15(21-13)16-18-12-8-10(20-2)4-6-14(12)22-16/h3,5,8-9H,4,6-7H2,1-2H3. The van der Waals surface area contributed by atoms with Gasteiger partial charge in [-0.2, -0.15) is 0 Å². The van der Waals surface area contributed by atoms with Gasteiger partial charge in [-0.3, -0.25) is 0 Å². The Morgan fingerprint density at radius 1 is 1.14 bits per heavy atom. The van der Waals surface area contributed by atoms with E-state index in [2.05, 4.69) is 12.2 Å². The molecule has 0 amide bonds. The highest BCUT2D eigenvalue weighted by molar-refractivity contribution is 7.22. The molecule has 6 heteroatoms. The summed E-state index contributed by atoms with van der Waals surface area (Å²) in [6.45, 7) is 0. The van der Waals surface area contributed by atoms with Crippen molar-refractivity contribution in [2.24, 2.45) is 0 Å². The SMILES string of the molecule is COC1=Cc2nc(-c3nc4c(s3)C=CC(OC)C4)sc2CC1. The highest BCUT2D eigenvalue weighted by atomic mass is 32.1. The average molecular weight is 332 g/mol. The van der Waals surface area contributed by atoms with Gasteiger partial charge >= 0.3 is 0 Å². The molecule has 0 saturated carbocycles. The van der Waals surface area contributed by atoms with Crippen LogP contribution in [0.15, 0.2) is 11.8 Å². The molecule has 2 aliphatic rings. The second-order valence-corrected chi connectivity index (χ2v) is 7.42. The number of hydrogen-bond donors (Lipinski definition) is 0. The highest BCUT2D eigenvalue weighted by Gasteiger charge is 2.22. The second-order valence-electron chi connectivity index (χ2n) is 5.31. The minimum Gasteiger partial charge on any atom is -0.501 e. The lowest BCUT2D eigenvalue weighted by molar-refractivity contribution is 0.140. The van der Waals surface area contributed by atoms with E-state index in [9.17, 15) is 0 Å². The van der Waals surface area contributed by atoms with Crippen LogP contribution in [0.1, 0.15) is 27.6 Å². The zero-order chi connectivity index (χ0) is 15.1. The number of aryl methyl sites for hydroxylation is 1. The first kappa shape index (κ1) is 14.1. The second kappa shape index (κ2) is 5.61. The lowest BCUT2D eigenvalue weighted by atomic mass is 10.1. The molecule has 0 N–H and O–H groups in total. The number of nitrogens with zero attached hydrogens (tertiary/aromatic N) is 2. The Morgan fingerprint density at radius 3 is 2.82 bits per heavy atom. The molecule has 0 aliphatic heterocycles. The summed E-state index contributed by atoms with van der Waals surface area (Å²) < 4.78 is 10.7. The van der Waals surface area contributed by atoms with E-state index in [-0.39, 0.29) is 6.10 Å². The number of ether oxygens (including phenoxy) is 2. The minimum absolute atomic E-state index is 0.138. The zero-order valence-electron chi connectivity index (χ0n) is 12.5. The van der Waals surface area contributed by atoms with E-state index in [0.29, 0.717) is 0 Å². The Kier molecular flexibility index (Phi) is 3.60. The van der Waals surface area contributed by atoms with Gasteiger partial charge in [-0.05, 0) is 12.5 Å². The van der Waals surface area contributed by atoms with Gasteiger partial charge in [-0.25, -0.2) is 9.97 Å². The van der Waals surface area contributed by atoms with Crippen LogP contribution in [0, 0.1) is 0 Å². The summed E-state index contributed by atoms with van der Waals surface area (Å²) in [5.74, 6) is 1.01. The van der Waals surface area contributed by atoms with Crippen LogP contribution in [-0.2, 0) is 22.3 Å². The summed E-state index contributed by atoms with van der Waals surface area (Å²) in [5, 5.41) is 2.03. The zero-order valence-corrected chi connectivity index (χ0v) is 14.1. The third-order valence-electron chi connectivity index (χ3n) is 3.96. The third-order valence-corrected chi connectivity index (χ3v) is 6.29. The minimum atomic E-state index is 0.138. The lowest BCUT2D eigenvalue weighted by Gasteiger charge is -2.13. The van der Waals surface area contributed by atoms with Gasteiger partial charge in [-0.1, -0.05) is 6.08 Å². The maximum Gasteiger partial charge on any atom is 0.153 e. The molecule has 4 rings (SSSR count). The van der Waals surface area contributed by atoms with Gasteiger partial charge in [0.05, 0.1) is 35.2 Å². The van der Waals surface area contributed by atoms with Crippen LogP contribution in [0.5, 0.6) is 0 Å². The molecule has 0 fully saturated rings. The summed E-state index contributed by atoms with van der Waals surface area (Å²) in [6.07, 6.45) is 9.21. The van der Waals surface area contributed by atoms with Gasteiger partial charge in [-0.15, -0.1) is 22.7 Å². The lowest BCUT2D eigenvalue weighted by Crippen LogP contribution is -2.14. The topological polar surface area (TPSA) is 44.2 Å². The number of allylic oxidation sites excluding steroid dienone is 1. The number of fused-ring (bicyclic) bond motifs is 2. The molecule has 2 aromatic heterocycles. The summed E-state index contributed by atoms with van der Waals surface area (Å²) in [7, 11) is 3.46. The fourth-order valence-corrected chi connectivity index (χ4v) is 4.78. The molecular formula is C16H16N2O2S2. The summed E-state index contributed by atoms with van der Waals surface area (Å²) in [5.41, 5.74) is 2.16. The molecule has 1 atom stereocenters. The van der Waals surface area contributed by atoms with E-state index in [1.807, 2.05) is 6.08 Å². The van der Waals surface area contributed by atoms with Crippen molar-refractivity contribution in [3.05, 3.63) is 33.0 Å². The van der Waals surface area contributed by atoms with E-state index >= 15 is 0 Å². The molecule has 0 spiro atoms. The van der Waals surface area contributed by atoms with Gasteiger partial charge in [0.25, 0.3) is 0 Å². The van der Waals surface area contributed by atoms with Gasteiger partial charge in [0.2, 0.25) is 0 Å². The normalized spacial score (nSPS) is 19.5. The Labute approximate surface area is 137 Å². The fraction of sp³-hybridized carbons (Fsp3) is 0.375. The predicted octanol–water partition coefficient (Wildman–Crippen LogP) is 3.78. The first-order chi connectivity index (χ1) is 10.8. The summed E-state index contributed by atoms with van der Waals surface area (Å²) >= 11 is 3.47. The molecule has 114 valence electrons. The van der Waals surface area contributed by atoms with Crippen LogP contribution in [0.25, 0.3) is 22.2 Å². The number of rotatable bonds is 3. The maximum atomic E-state index is 5.40. The Bertz CT molecular complexity index is 773. The smallest absolute Gasteiger partial charge is 0.153 e. The fourth-order valence-electron chi connectivity index (χ4n) is 2.72. The molecule has 0 bridgehead atoms. The monoisotopic (exact) mass is 332 g/mol. The summed E-state index contributed by atoms with van der Waals surface area (Å²) in [6, 6.07) is 0. The van der Waals surface area contributed by atoms with Gasteiger partial charge in [0, 0.05) is 30.9 Å². The van der Waals surface area contributed by atoms with E-state index < -0.39 is 0 Å². The van der Waals surface area contributed by atoms with Gasteiger partial charge in [0.15, 0.2) is 10.0 Å². The molecular weight excluding hydrogens is 316 g/mol. The van der Waals surface area contributed by atoms with Crippen molar-refractivity contribution in [2.75, 3.05) is 14.2 Å². The van der Waals surface area contributed by atoms with Gasteiger partial charge in [0.1, 0.15) is 0 Å². The van der Waals surface area contributed by atoms with Crippen molar-refractivity contribution < 1.29 is 9.47 Å². The van der Waals surface area contributed by atoms with Crippen LogP contribution in [-0.4, -0.2) is 30.3 Å². The van der Waals surface area contributed by atoms with Crippen molar-refractivity contribution in [3.63, 3.8) is 0 Å². The van der Waals surface area contributed by atoms with Crippen LogP contribution in [0.2, 0.25) is 0 Å². The van der Waals surface area contributed by atoms with E-state index in [4.69, 9.17) is 19.4 Å². The molecule has 4 nitrogen and oxygen atoms in total. The molecule has 0 saturated heterocycles. The Balaban J connectivity index is 1.67. The average Bonchev–Trinajstić information content (AvgIpc) is 3.16. The quantitative estimate of drug-likeness (QED) is 0.858. The number of hydrogen-bond acceptors (Lipinski definition) is 6. The van der Waals surface area contributed by atoms with Crippen LogP contribution in [0.4, 0.5) is 0 Å². The van der Waals surface area contributed by atoms with Crippen LogP contribution < -0.4 is 0 Å². The Morgan fingerprint density at radius 2 is 2.00 bits per heavy atom. The third kappa shape index (κ3) is 2.41. The largest absolute Gasteiger partial charge is 0.501 e. The van der Waals surface area contributed by atoms with Gasteiger partial charge < -0.3 is 9.47 Å². The number of thiazole rings is 2.